The zero-order chi connectivity index (χ0) is 15.1. The van der Waals surface area contributed by atoms with Gasteiger partial charge in [0.15, 0.2) is 0 Å². The molecule has 1 aromatic carbocycles. The summed E-state index contributed by atoms with van der Waals surface area (Å²) in [6.45, 7) is 1.13. The molecule has 0 spiro atoms. The first kappa shape index (κ1) is 15.5. The fourth-order valence-electron chi connectivity index (χ4n) is 2.20. The molecular formula is C16H22N2O3. The third kappa shape index (κ3) is 5.55. The molecule has 0 heterocycles. The molecular weight excluding hydrogens is 268 g/mol. The number of nitrogens with zero attached hydrogens (tertiary/aromatic N) is 1. The quantitative estimate of drug-likeness (QED) is 0.730. The van der Waals surface area contributed by atoms with Gasteiger partial charge in [-0.3, -0.25) is 9.59 Å². The maximum atomic E-state index is 12.4. The molecule has 21 heavy (non-hydrogen) atoms. The van der Waals surface area contributed by atoms with Gasteiger partial charge in [-0.15, -0.1) is 0 Å². The molecule has 1 aromatic rings. The molecule has 1 aliphatic rings. The van der Waals surface area contributed by atoms with E-state index in [1.54, 1.807) is 4.90 Å². The van der Waals surface area contributed by atoms with Gasteiger partial charge < -0.3 is 15.3 Å². The van der Waals surface area contributed by atoms with Gasteiger partial charge in [-0.25, -0.2) is 0 Å². The second-order valence-corrected chi connectivity index (χ2v) is 5.36. The van der Waals surface area contributed by atoms with Gasteiger partial charge in [0.05, 0.1) is 0 Å². The number of carbonyl (C=O) groups is 2. The molecule has 0 aliphatic heterocycles. The molecule has 5 heteroatoms. The monoisotopic (exact) mass is 290 g/mol. The van der Waals surface area contributed by atoms with E-state index in [1.807, 2.05) is 30.3 Å². The first-order chi connectivity index (χ1) is 10.2. The highest BCUT2D eigenvalue weighted by Gasteiger charge is 2.21. The first-order valence-electron chi connectivity index (χ1n) is 7.47. The lowest BCUT2D eigenvalue weighted by molar-refractivity contribution is -0.137. The normalized spacial score (nSPS) is 13.9. The molecule has 0 radical (unpaired) electrons. The summed E-state index contributed by atoms with van der Waals surface area (Å²) in [4.78, 5) is 24.7. The van der Waals surface area contributed by atoms with Crippen LogP contribution < -0.4 is 10.2 Å². The van der Waals surface area contributed by atoms with Crippen LogP contribution in [0.15, 0.2) is 30.3 Å². The van der Waals surface area contributed by atoms with Crippen molar-refractivity contribution in [3.05, 3.63) is 30.3 Å². The predicted octanol–water partition coefficient (Wildman–Crippen LogP) is 2.03. The minimum absolute atomic E-state index is 0.0414. The van der Waals surface area contributed by atoms with Gasteiger partial charge in [0.1, 0.15) is 0 Å². The van der Waals surface area contributed by atoms with Crippen LogP contribution in [0.1, 0.15) is 32.1 Å². The predicted molar refractivity (Wildman–Crippen MR) is 81.3 cm³/mol. The lowest BCUT2D eigenvalue weighted by atomic mass is 10.2. The van der Waals surface area contributed by atoms with Crippen molar-refractivity contribution in [3.8, 4) is 0 Å². The molecule has 0 aromatic heterocycles. The number of carboxylic acid groups (broad SMARTS) is 1. The fourth-order valence-corrected chi connectivity index (χ4v) is 2.20. The highest BCUT2D eigenvalue weighted by Crippen LogP contribution is 2.19. The van der Waals surface area contributed by atoms with Crippen LogP contribution in [-0.2, 0) is 9.59 Å². The fraction of sp³-hybridized carbons (Fsp3) is 0.500. The maximum Gasteiger partial charge on any atom is 0.303 e. The molecule has 1 amide bonds. The van der Waals surface area contributed by atoms with E-state index >= 15 is 0 Å². The summed E-state index contributed by atoms with van der Waals surface area (Å²) >= 11 is 0. The molecule has 2 rings (SSSR count). The highest BCUT2D eigenvalue weighted by molar-refractivity contribution is 5.93. The number of benzene rings is 1. The van der Waals surface area contributed by atoms with E-state index in [1.165, 1.54) is 12.8 Å². The van der Waals surface area contributed by atoms with Crippen LogP contribution in [0.4, 0.5) is 5.69 Å². The van der Waals surface area contributed by atoms with E-state index in [0.29, 0.717) is 32.0 Å². The van der Waals surface area contributed by atoms with Gasteiger partial charge in [0, 0.05) is 37.7 Å². The van der Waals surface area contributed by atoms with Gasteiger partial charge in [-0.2, -0.15) is 0 Å². The Labute approximate surface area is 125 Å². The van der Waals surface area contributed by atoms with E-state index in [2.05, 4.69) is 5.32 Å². The number of nitrogens with one attached hydrogen (secondary N) is 1. The van der Waals surface area contributed by atoms with Crippen molar-refractivity contribution in [2.45, 2.75) is 38.1 Å². The van der Waals surface area contributed by atoms with Crippen molar-refractivity contribution >= 4 is 17.6 Å². The molecule has 1 aliphatic carbocycles. The van der Waals surface area contributed by atoms with E-state index in [4.69, 9.17) is 5.11 Å². The van der Waals surface area contributed by atoms with Gasteiger partial charge in [-0.05, 0) is 31.4 Å². The largest absolute Gasteiger partial charge is 0.481 e. The summed E-state index contributed by atoms with van der Waals surface area (Å²) in [7, 11) is 0. The van der Waals surface area contributed by atoms with Crippen molar-refractivity contribution in [1.29, 1.82) is 0 Å². The number of carboxylic acids is 1. The molecule has 0 atom stereocenters. The van der Waals surface area contributed by atoms with E-state index < -0.39 is 5.97 Å². The van der Waals surface area contributed by atoms with E-state index in [0.717, 1.165) is 5.69 Å². The summed E-state index contributed by atoms with van der Waals surface area (Å²) < 4.78 is 0. The lowest BCUT2D eigenvalue weighted by Gasteiger charge is -2.23. The van der Waals surface area contributed by atoms with Crippen LogP contribution in [0.3, 0.4) is 0 Å². The average molecular weight is 290 g/mol. The molecule has 1 saturated carbocycles. The van der Waals surface area contributed by atoms with Crippen molar-refractivity contribution in [3.63, 3.8) is 0 Å². The molecule has 1 fully saturated rings. The van der Waals surface area contributed by atoms with Gasteiger partial charge in [0.2, 0.25) is 5.91 Å². The number of hydrogen-bond donors (Lipinski definition) is 2. The number of amides is 1. The summed E-state index contributed by atoms with van der Waals surface area (Å²) in [6.07, 6.45) is 3.39. The van der Waals surface area contributed by atoms with Crippen molar-refractivity contribution in [2.75, 3.05) is 18.0 Å². The smallest absolute Gasteiger partial charge is 0.303 e. The standard InChI is InChI=1S/C16H22N2O3/c19-15(10-11-17-13-8-9-13)18(12-4-7-16(20)21)14-5-2-1-3-6-14/h1-3,5-6,13,17H,4,7-12H2,(H,20,21). The zero-order valence-corrected chi connectivity index (χ0v) is 12.1. The van der Waals surface area contributed by atoms with Crippen molar-refractivity contribution in [2.24, 2.45) is 0 Å². The Morgan fingerprint density at radius 1 is 1.19 bits per heavy atom. The summed E-state index contributed by atoms with van der Waals surface area (Å²) in [5, 5.41) is 12.1. The summed E-state index contributed by atoms with van der Waals surface area (Å²) in [5.74, 6) is -0.786. The van der Waals surface area contributed by atoms with Crippen LogP contribution in [0.5, 0.6) is 0 Å². The Morgan fingerprint density at radius 3 is 2.52 bits per heavy atom. The molecule has 5 nitrogen and oxygen atoms in total. The third-order valence-corrected chi connectivity index (χ3v) is 3.49. The lowest BCUT2D eigenvalue weighted by Crippen LogP contribution is -2.34. The van der Waals surface area contributed by atoms with Crippen LogP contribution in [0.25, 0.3) is 0 Å². The Kier molecular flexibility index (Phi) is 5.75. The van der Waals surface area contributed by atoms with Crippen LogP contribution in [-0.4, -0.2) is 36.1 Å². The zero-order valence-electron chi connectivity index (χ0n) is 12.1. The molecule has 0 bridgehead atoms. The Bertz CT molecular complexity index is 472. The minimum Gasteiger partial charge on any atom is -0.481 e. The minimum atomic E-state index is -0.828. The summed E-state index contributed by atoms with van der Waals surface area (Å²) in [5.41, 5.74) is 0.833. The number of rotatable bonds is 9. The topological polar surface area (TPSA) is 69.6 Å². The first-order valence-corrected chi connectivity index (χ1v) is 7.47. The molecule has 0 unspecified atom stereocenters. The SMILES string of the molecule is O=C(O)CCCN(C(=O)CCNC1CC1)c1ccccc1. The number of para-hydroxylation sites is 1. The van der Waals surface area contributed by atoms with Crippen LogP contribution in [0, 0.1) is 0 Å². The second-order valence-electron chi connectivity index (χ2n) is 5.36. The van der Waals surface area contributed by atoms with Crippen LogP contribution >= 0.6 is 0 Å². The Hall–Kier alpha value is -1.88. The number of anilines is 1. The van der Waals surface area contributed by atoms with Crippen LogP contribution in [0.2, 0.25) is 0 Å². The number of aliphatic carboxylic acids is 1. The average Bonchev–Trinajstić information content (AvgIpc) is 3.28. The van der Waals surface area contributed by atoms with E-state index in [9.17, 15) is 9.59 Å². The molecule has 0 saturated heterocycles. The highest BCUT2D eigenvalue weighted by atomic mass is 16.4. The van der Waals surface area contributed by atoms with Gasteiger partial charge in [0.25, 0.3) is 0 Å². The number of carbonyl (C=O) groups excluding carboxylic acids is 1. The molecule has 2 N–H and O–H groups in total. The Morgan fingerprint density at radius 2 is 1.90 bits per heavy atom. The third-order valence-electron chi connectivity index (χ3n) is 3.49. The summed E-state index contributed by atoms with van der Waals surface area (Å²) in [6, 6.07) is 10.0. The van der Waals surface area contributed by atoms with Gasteiger partial charge in [-0.1, -0.05) is 18.2 Å². The van der Waals surface area contributed by atoms with Crippen molar-refractivity contribution in [1.82, 2.24) is 5.32 Å². The Balaban J connectivity index is 1.89. The second kappa shape index (κ2) is 7.78. The number of hydrogen-bond acceptors (Lipinski definition) is 3. The van der Waals surface area contributed by atoms with E-state index in [-0.39, 0.29) is 12.3 Å². The maximum absolute atomic E-state index is 12.4. The molecule has 114 valence electrons. The van der Waals surface area contributed by atoms with Crippen molar-refractivity contribution < 1.29 is 14.7 Å². The van der Waals surface area contributed by atoms with Gasteiger partial charge >= 0.3 is 5.97 Å².